The molecule has 2 rings (SSSR count). The second kappa shape index (κ2) is 4.24. The third kappa shape index (κ3) is 1.87. The second-order valence-corrected chi connectivity index (χ2v) is 3.83. The van der Waals surface area contributed by atoms with E-state index >= 15 is 0 Å². The number of aryl methyl sites for hydroxylation is 1. The maximum atomic E-state index is 5.35. The van der Waals surface area contributed by atoms with E-state index in [1.165, 1.54) is 5.56 Å². The Morgan fingerprint density at radius 2 is 2.20 bits per heavy atom. The van der Waals surface area contributed by atoms with E-state index in [9.17, 15) is 0 Å². The van der Waals surface area contributed by atoms with Crippen LogP contribution in [0, 0.1) is 6.92 Å². The van der Waals surface area contributed by atoms with Gasteiger partial charge < -0.3 is 10.1 Å². The second-order valence-electron chi connectivity index (χ2n) is 3.83. The van der Waals surface area contributed by atoms with Crippen LogP contribution < -0.4 is 5.32 Å². The van der Waals surface area contributed by atoms with E-state index in [0.717, 1.165) is 36.7 Å². The number of hydrogen-bond acceptors (Lipinski definition) is 4. The van der Waals surface area contributed by atoms with Gasteiger partial charge in [0.1, 0.15) is 6.10 Å². The molecule has 1 aromatic heterocycles. The van der Waals surface area contributed by atoms with Crippen molar-refractivity contribution >= 4 is 0 Å². The molecule has 1 N–H and O–H groups in total. The molecule has 2 heterocycles. The SMILES string of the molecule is CCC(OC)c1nc(C)c2c(n1)CNC2. The molecular formula is C11H17N3O. The third-order valence-corrected chi connectivity index (χ3v) is 2.85. The Balaban J connectivity index is 2.38. The van der Waals surface area contributed by atoms with Gasteiger partial charge in [0.25, 0.3) is 0 Å². The van der Waals surface area contributed by atoms with Gasteiger partial charge in [0.2, 0.25) is 0 Å². The molecule has 0 saturated heterocycles. The minimum absolute atomic E-state index is 0.0228. The number of nitrogens with one attached hydrogen (secondary N) is 1. The highest BCUT2D eigenvalue weighted by molar-refractivity contribution is 5.28. The molecule has 0 aliphatic carbocycles. The molecule has 1 atom stereocenters. The smallest absolute Gasteiger partial charge is 0.157 e. The van der Waals surface area contributed by atoms with Gasteiger partial charge in [0, 0.05) is 31.5 Å². The Morgan fingerprint density at radius 3 is 2.87 bits per heavy atom. The highest BCUT2D eigenvalue weighted by Gasteiger charge is 2.19. The molecule has 4 nitrogen and oxygen atoms in total. The van der Waals surface area contributed by atoms with Crippen LogP contribution in [0.5, 0.6) is 0 Å². The first-order valence-corrected chi connectivity index (χ1v) is 5.36. The van der Waals surface area contributed by atoms with Gasteiger partial charge in [0.15, 0.2) is 5.82 Å². The fourth-order valence-electron chi connectivity index (χ4n) is 1.96. The van der Waals surface area contributed by atoms with Gasteiger partial charge in [-0.1, -0.05) is 6.92 Å². The fourth-order valence-corrected chi connectivity index (χ4v) is 1.96. The van der Waals surface area contributed by atoms with Crippen molar-refractivity contribution in [3.63, 3.8) is 0 Å². The molecule has 0 aromatic carbocycles. The third-order valence-electron chi connectivity index (χ3n) is 2.85. The molecule has 0 spiro atoms. The first-order chi connectivity index (χ1) is 7.26. The molecule has 15 heavy (non-hydrogen) atoms. The van der Waals surface area contributed by atoms with Crippen LogP contribution in [0.25, 0.3) is 0 Å². The maximum absolute atomic E-state index is 5.35. The van der Waals surface area contributed by atoms with E-state index in [0.29, 0.717) is 0 Å². The van der Waals surface area contributed by atoms with Crippen molar-refractivity contribution in [3.05, 3.63) is 22.8 Å². The zero-order chi connectivity index (χ0) is 10.8. The minimum atomic E-state index is 0.0228. The Bertz CT molecular complexity index is 361. The lowest BCUT2D eigenvalue weighted by atomic mass is 10.2. The zero-order valence-corrected chi connectivity index (χ0v) is 9.50. The van der Waals surface area contributed by atoms with Gasteiger partial charge in [-0.05, 0) is 13.3 Å². The van der Waals surface area contributed by atoms with Crippen LogP contribution >= 0.6 is 0 Å². The number of methoxy groups -OCH3 is 1. The van der Waals surface area contributed by atoms with Crippen molar-refractivity contribution in [2.45, 2.75) is 39.5 Å². The predicted molar refractivity (Wildman–Crippen MR) is 57.4 cm³/mol. The number of aromatic nitrogens is 2. The van der Waals surface area contributed by atoms with Gasteiger partial charge in [-0.25, -0.2) is 9.97 Å². The summed E-state index contributed by atoms with van der Waals surface area (Å²) in [6, 6.07) is 0. The van der Waals surface area contributed by atoms with E-state index in [1.807, 2.05) is 6.92 Å². The van der Waals surface area contributed by atoms with E-state index < -0.39 is 0 Å². The van der Waals surface area contributed by atoms with Crippen LogP contribution in [-0.2, 0) is 17.8 Å². The van der Waals surface area contributed by atoms with Gasteiger partial charge in [-0.15, -0.1) is 0 Å². The van der Waals surface area contributed by atoms with E-state index in [4.69, 9.17) is 4.74 Å². The van der Waals surface area contributed by atoms with Crippen molar-refractivity contribution in [3.8, 4) is 0 Å². The number of nitrogens with zero attached hydrogens (tertiary/aromatic N) is 2. The normalized spacial score (nSPS) is 16.5. The summed E-state index contributed by atoms with van der Waals surface area (Å²) in [6.45, 7) is 5.87. The molecule has 1 aromatic rings. The lowest BCUT2D eigenvalue weighted by Crippen LogP contribution is -2.09. The monoisotopic (exact) mass is 207 g/mol. The molecule has 1 aliphatic rings. The Hall–Kier alpha value is -1.00. The lowest BCUT2D eigenvalue weighted by molar-refractivity contribution is 0.0922. The van der Waals surface area contributed by atoms with Crippen LogP contribution in [0.4, 0.5) is 0 Å². The summed E-state index contributed by atoms with van der Waals surface area (Å²) in [5.74, 6) is 0.819. The van der Waals surface area contributed by atoms with Crippen molar-refractivity contribution in [1.82, 2.24) is 15.3 Å². The topological polar surface area (TPSA) is 47.0 Å². The average molecular weight is 207 g/mol. The highest BCUT2D eigenvalue weighted by atomic mass is 16.5. The van der Waals surface area contributed by atoms with Crippen molar-refractivity contribution < 1.29 is 4.74 Å². The van der Waals surface area contributed by atoms with E-state index in [1.54, 1.807) is 7.11 Å². The first-order valence-electron chi connectivity index (χ1n) is 5.36. The molecule has 0 radical (unpaired) electrons. The predicted octanol–water partition coefficient (Wildman–Crippen LogP) is 1.49. The summed E-state index contributed by atoms with van der Waals surface area (Å²) in [6.07, 6.45) is 0.928. The molecule has 1 aliphatic heterocycles. The minimum Gasteiger partial charge on any atom is -0.373 e. The molecular weight excluding hydrogens is 190 g/mol. The number of fused-ring (bicyclic) bond motifs is 1. The summed E-state index contributed by atoms with van der Waals surface area (Å²) < 4.78 is 5.35. The van der Waals surface area contributed by atoms with Crippen molar-refractivity contribution in [1.29, 1.82) is 0 Å². The molecule has 4 heteroatoms. The van der Waals surface area contributed by atoms with Crippen LogP contribution in [0.1, 0.15) is 42.2 Å². The van der Waals surface area contributed by atoms with Crippen molar-refractivity contribution in [2.24, 2.45) is 0 Å². The summed E-state index contributed by atoms with van der Waals surface area (Å²) in [7, 11) is 1.71. The summed E-state index contributed by atoms with van der Waals surface area (Å²) in [5, 5.41) is 3.29. The summed E-state index contributed by atoms with van der Waals surface area (Å²) in [4.78, 5) is 9.07. The van der Waals surface area contributed by atoms with Gasteiger partial charge in [-0.3, -0.25) is 0 Å². The molecule has 82 valence electrons. The number of hydrogen-bond donors (Lipinski definition) is 1. The van der Waals surface area contributed by atoms with Crippen LogP contribution in [0.3, 0.4) is 0 Å². The Kier molecular flexibility index (Phi) is 2.98. The average Bonchev–Trinajstić information content (AvgIpc) is 2.68. The van der Waals surface area contributed by atoms with Gasteiger partial charge >= 0.3 is 0 Å². The molecule has 0 bridgehead atoms. The first kappa shape index (κ1) is 10.5. The summed E-state index contributed by atoms with van der Waals surface area (Å²) >= 11 is 0. The lowest BCUT2D eigenvalue weighted by Gasteiger charge is -2.13. The number of ether oxygens (including phenoxy) is 1. The molecule has 0 saturated carbocycles. The summed E-state index contributed by atoms with van der Waals surface area (Å²) in [5.41, 5.74) is 3.47. The Morgan fingerprint density at radius 1 is 1.40 bits per heavy atom. The maximum Gasteiger partial charge on any atom is 0.157 e. The van der Waals surface area contributed by atoms with Gasteiger partial charge in [0.05, 0.1) is 5.69 Å². The molecule has 0 fully saturated rings. The van der Waals surface area contributed by atoms with Gasteiger partial charge in [-0.2, -0.15) is 0 Å². The van der Waals surface area contributed by atoms with E-state index in [-0.39, 0.29) is 6.10 Å². The Labute approximate surface area is 90.1 Å². The highest BCUT2D eigenvalue weighted by Crippen LogP contribution is 2.21. The van der Waals surface area contributed by atoms with Crippen LogP contribution in [0.2, 0.25) is 0 Å². The van der Waals surface area contributed by atoms with Crippen molar-refractivity contribution in [2.75, 3.05) is 7.11 Å². The standard InChI is InChI=1S/C11H17N3O/c1-4-10(15-3)11-13-7(2)8-5-12-6-9(8)14-11/h10,12H,4-6H2,1-3H3. The number of rotatable bonds is 3. The quantitative estimate of drug-likeness (QED) is 0.815. The molecule has 1 unspecified atom stereocenters. The zero-order valence-electron chi connectivity index (χ0n) is 9.50. The largest absolute Gasteiger partial charge is 0.373 e. The van der Waals surface area contributed by atoms with Crippen LogP contribution in [-0.4, -0.2) is 17.1 Å². The molecule has 0 amide bonds. The fraction of sp³-hybridized carbons (Fsp3) is 0.636. The van der Waals surface area contributed by atoms with Crippen LogP contribution in [0.15, 0.2) is 0 Å². The van der Waals surface area contributed by atoms with E-state index in [2.05, 4.69) is 22.2 Å².